The summed E-state index contributed by atoms with van der Waals surface area (Å²) in [7, 11) is 1.64. The van der Waals surface area contributed by atoms with Gasteiger partial charge >= 0.3 is 6.18 Å². The van der Waals surface area contributed by atoms with E-state index in [0.29, 0.717) is 17.7 Å². The molecule has 2 aromatic rings. The van der Waals surface area contributed by atoms with E-state index < -0.39 is 17.7 Å². The molecule has 0 fully saturated rings. The molecule has 2 nitrogen and oxygen atoms in total. The van der Waals surface area contributed by atoms with Gasteiger partial charge in [-0.25, -0.2) is 0 Å². The van der Waals surface area contributed by atoms with Crippen LogP contribution in [-0.4, -0.2) is 13.0 Å². The van der Waals surface area contributed by atoms with Gasteiger partial charge in [0.1, 0.15) is 0 Å². The lowest BCUT2D eigenvalue weighted by Crippen LogP contribution is -2.31. The van der Waals surface area contributed by atoms with Crippen molar-refractivity contribution in [3.05, 3.63) is 76.8 Å². The fourth-order valence-electron chi connectivity index (χ4n) is 2.53. The van der Waals surface area contributed by atoms with Gasteiger partial charge in [-0.1, -0.05) is 30.3 Å². The van der Waals surface area contributed by atoms with Crippen molar-refractivity contribution < 1.29 is 18.0 Å². The molecule has 0 radical (unpaired) electrons. The third-order valence-corrected chi connectivity index (χ3v) is 4.56. The molecule has 0 aromatic heterocycles. The van der Waals surface area contributed by atoms with Crippen molar-refractivity contribution in [3.63, 3.8) is 0 Å². The molecule has 2 rings (SSSR count). The minimum Gasteiger partial charge on any atom is -0.314 e. The van der Waals surface area contributed by atoms with Crippen molar-refractivity contribution in [2.45, 2.75) is 18.5 Å². The van der Waals surface area contributed by atoms with Gasteiger partial charge in [0.2, 0.25) is 5.91 Å². The predicted molar refractivity (Wildman–Crippen MR) is 96.6 cm³/mol. The Labute approximate surface area is 153 Å². The molecular weight excluding hydrogens is 395 g/mol. The number of para-hydroxylation sites is 1. The number of nitrogens with zero attached hydrogens (tertiary/aromatic N) is 1. The smallest absolute Gasteiger partial charge is 0.314 e. The summed E-state index contributed by atoms with van der Waals surface area (Å²) in [6.07, 6.45) is -2.48. The molecule has 0 bridgehead atoms. The highest BCUT2D eigenvalue weighted by Crippen LogP contribution is 2.33. The first-order valence-electron chi connectivity index (χ1n) is 7.56. The van der Waals surface area contributed by atoms with E-state index in [4.69, 9.17) is 0 Å². The van der Waals surface area contributed by atoms with Crippen LogP contribution >= 0.6 is 15.9 Å². The Morgan fingerprint density at radius 1 is 1.20 bits per heavy atom. The Balaban J connectivity index is 2.32. The number of alkyl halides is 3. The van der Waals surface area contributed by atoms with Crippen LogP contribution in [0.2, 0.25) is 0 Å². The summed E-state index contributed by atoms with van der Waals surface area (Å²) >= 11 is 3.40. The number of likely N-dealkylation sites (N-methyl/N-ethyl adjacent to an activating group) is 1. The van der Waals surface area contributed by atoms with Crippen molar-refractivity contribution in [2.24, 2.45) is 0 Å². The Morgan fingerprint density at radius 2 is 1.80 bits per heavy atom. The van der Waals surface area contributed by atoms with Gasteiger partial charge in [-0.05, 0) is 52.2 Å². The van der Waals surface area contributed by atoms with E-state index in [1.54, 1.807) is 19.2 Å². The zero-order valence-electron chi connectivity index (χ0n) is 13.6. The van der Waals surface area contributed by atoms with Crippen LogP contribution in [0, 0.1) is 0 Å². The van der Waals surface area contributed by atoms with E-state index >= 15 is 0 Å². The Bertz CT molecular complexity index is 756. The van der Waals surface area contributed by atoms with Gasteiger partial charge in [0, 0.05) is 11.5 Å². The summed E-state index contributed by atoms with van der Waals surface area (Å²) in [4.78, 5) is 14.4. The average molecular weight is 412 g/mol. The number of carbonyl (C=O) groups is 1. The Hall–Kier alpha value is -2.08. The molecule has 132 valence electrons. The van der Waals surface area contributed by atoms with E-state index in [2.05, 4.69) is 22.5 Å². The molecule has 0 aliphatic heterocycles. The number of amides is 1. The van der Waals surface area contributed by atoms with Gasteiger partial charge in [0.05, 0.1) is 17.2 Å². The second-order valence-corrected chi connectivity index (χ2v) is 6.40. The number of hydrogen-bond donors (Lipinski definition) is 0. The number of carbonyl (C=O) groups excluding carboxylic acids is 1. The molecule has 0 saturated carbocycles. The summed E-state index contributed by atoms with van der Waals surface area (Å²) in [6.45, 7) is 3.65. The van der Waals surface area contributed by atoms with E-state index in [1.165, 1.54) is 17.0 Å². The van der Waals surface area contributed by atoms with Gasteiger partial charge in [-0.2, -0.15) is 13.2 Å². The molecule has 25 heavy (non-hydrogen) atoms. The maximum atomic E-state index is 12.9. The van der Waals surface area contributed by atoms with Crippen molar-refractivity contribution in [1.29, 1.82) is 0 Å². The zero-order valence-corrected chi connectivity index (χ0v) is 15.1. The highest BCUT2D eigenvalue weighted by atomic mass is 79.9. The standard InChI is InChI=1S/C19H17BrF3NO/c1-3-6-15(13-9-11-14(12-10-13)19(21,22)23)18(25)24(2)17-8-5-4-7-16(17)20/h3-5,7-12,15H,1,6H2,2H3. The minimum atomic E-state index is -4.40. The molecule has 0 heterocycles. The normalized spacial score (nSPS) is 12.5. The maximum Gasteiger partial charge on any atom is 0.416 e. The van der Waals surface area contributed by atoms with E-state index in [0.717, 1.165) is 16.6 Å². The van der Waals surface area contributed by atoms with Gasteiger partial charge < -0.3 is 4.90 Å². The number of hydrogen-bond acceptors (Lipinski definition) is 1. The van der Waals surface area contributed by atoms with Crippen LogP contribution in [0.3, 0.4) is 0 Å². The topological polar surface area (TPSA) is 20.3 Å². The van der Waals surface area contributed by atoms with Crippen molar-refractivity contribution in [2.75, 3.05) is 11.9 Å². The Morgan fingerprint density at radius 3 is 2.32 bits per heavy atom. The van der Waals surface area contributed by atoms with Crippen molar-refractivity contribution in [3.8, 4) is 0 Å². The first kappa shape index (κ1) is 19.2. The number of allylic oxidation sites excluding steroid dienone is 1. The fraction of sp³-hybridized carbons (Fsp3) is 0.211. The second-order valence-electron chi connectivity index (χ2n) is 5.55. The monoisotopic (exact) mass is 411 g/mol. The summed E-state index contributed by atoms with van der Waals surface area (Å²) in [5, 5.41) is 0. The van der Waals surface area contributed by atoms with Crippen LogP contribution in [0.25, 0.3) is 0 Å². The molecule has 1 unspecified atom stereocenters. The molecule has 0 aliphatic carbocycles. The van der Waals surface area contributed by atoms with E-state index in [1.807, 2.05) is 18.2 Å². The maximum absolute atomic E-state index is 12.9. The van der Waals surface area contributed by atoms with Crippen LogP contribution in [0.5, 0.6) is 0 Å². The molecule has 0 saturated heterocycles. The average Bonchev–Trinajstić information content (AvgIpc) is 2.58. The summed E-state index contributed by atoms with van der Waals surface area (Å²) < 4.78 is 38.9. The van der Waals surface area contributed by atoms with E-state index in [-0.39, 0.29) is 5.91 Å². The third kappa shape index (κ3) is 4.51. The quantitative estimate of drug-likeness (QED) is 0.570. The van der Waals surface area contributed by atoms with Gasteiger partial charge in [0.15, 0.2) is 0 Å². The molecule has 0 aliphatic rings. The minimum absolute atomic E-state index is 0.216. The van der Waals surface area contributed by atoms with Gasteiger partial charge in [-0.15, -0.1) is 6.58 Å². The highest BCUT2D eigenvalue weighted by Gasteiger charge is 2.31. The molecule has 2 aromatic carbocycles. The third-order valence-electron chi connectivity index (χ3n) is 3.89. The molecule has 0 N–H and O–H groups in total. The first-order valence-corrected chi connectivity index (χ1v) is 8.35. The lowest BCUT2D eigenvalue weighted by atomic mass is 9.93. The molecule has 6 heteroatoms. The summed E-state index contributed by atoms with van der Waals surface area (Å²) in [5.74, 6) is -0.816. The van der Waals surface area contributed by atoms with Crippen LogP contribution < -0.4 is 4.90 Å². The number of halogens is 4. The second kappa shape index (κ2) is 7.87. The number of rotatable bonds is 5. The van der Waals surface area contributed by atoms with E-state index in [9.17, 15) is 18.0 Å². The molecule has 1 atom stereocenters. The molecule has 0 spiro atoms. The van der Waals surface area contributed by atoms with Crippen LogP contribution in [0.1, 0.15) is 23.5 Å². The largest absolute Gasteiger partial charge is 0.416 e. The van der Waals surface area contributed by atoms with Crippen LogP contribution in [0.15, 0.2) is 65.7 Å². The lowest BCUT2D eigenvalue weighted by molar-refractivity contribution is -0.137. The van der Waals surface area contributed by atoms with Gasteiger partial charge in [-0.3, -0.25) is 4.79 Å². The molecule has 1 amide bonds. The zero-order chi connectivity index (χ0) is 18.6. The molecular formula is C19H17BrF3NO. The van der Waals surface area contributed by atoms with Crippen LogP contribution in [0.4, 0.5) is 18.9 Å². The highest BCUT2D eigenvalue weighted by molar-refractivity contribution is 9.10. The first-order chi connectivity index (χ1) is 11.8. The summed E-state index contributed by atoms with van der Waals surface area (Å²) in [5.41, 5.74) is 0.477. The number of benzene rings is 2. The Kier molecular flexibility index (Phi) is 6.06. The SMILES string of the molecule is C=CCC(C(=O)N(C)c1ccccc1Br)c1ccc(C(F)(F)F)cc1. The fourth-order valence-corrected chi connectivity index (χ4v) is 3.08. The van der Waals surface area contributed by atoms with Crippen molar-refractivity contribution >= 4 is 27.5 Å². The number of anilines is 1. The lowest BCUT2D eigenvalue weighted by Gasteiger charge is -2.24. The van der Waals surface area contributed by atoms with Crippen LogP contribution in [-0.2, 0) is 11.0 Å². The van der Waals surface area contributed by atoms with Gasteiger partial charge in [0.25, 0.3) is 0 Å². The van der Waals surface area contributed by atoms with Crippen molar-refractivity contribution in [1.82, 2.24) is 0 Å². The summed E-state index contributed by atoms with van der Waals surface area (Å²) in [6, 6.07) is 12.0. The predicted octanol–water partition coefficient (Wildman–Crippen LogP) is 5.79.